The van der Waals surface area contributed by atoms with Crippen LogP contribution in [0.3, 0.4) is 0 Å². The highest BCUT2D eigenvalue weighted by Gasteiger charge is 2.27. The van der Waals surface area contributed by atoms with E-state index in [1.165, 1.54) is 24.4 Å². The third-order valence-electron chi connectivity index (χ3n) is 5.21. The van der Waals surface area contributed by atoms with Crippen molar-refractivity contribution in [1.29, 1.82) is 0 Å². The SMILES string of the molecule is Cc1ccc(S(=O)(=O)N(CC(=O)N/N=C\c2ccc(OCC(C)C)cc2)c2ccc(C)c(Cl)c2)cc1. The predicted molar refractivity (Wildman–Crippen MR) is 144 cm³/mol. The van der Waals surface area contributed by atoms with Crippen LogP contribution < -0.4 is 14.5 Å². The van der Waals surface area contributed by atoms with Gasteiger partial charge in [0.15, 0.2) is 0 Å². The largest absolute Gasteiger partial charge is 0.493 e. The van der Waals surface area contributed by atoms with Crippen molar-refractivity contribution in [3.8, 4) is 5.75 Å². The molecule has 0 aliphatic rings. The summed E-state index contributed by atoms with van der Waals surface area (Å²) in [6.45, 7) is 7.97. The van der Waals surface area contributed by atoms with Gasteiger partial charge in [0.2, 0.25) is 0 Å². The number of hydrazone groups is 1. The van der Waals surface area contributed by atoms with Gasteiger partial charge in [-0.05, 0) is 79.4 Å². The molecule has 0 saturated heterocycles. The Labute approximate surface area is 217 Å². The summed E-state index contributed by atoms with van der Waals surface area (Å²) in [7, 11) is -4.04. The van der Waals surface area contributed by atoms with Crippen molar-refractivity contribution in [2.75, 3.05) is 17.5 Å². The van der Waals surface area contributed by atoms with Gasteiger partial charge in [-0.2, -0.15) is 5.10 Å². The maximum Gasteiger partial charge on any atom is 0.264 e. The Hall–Kier alpha value is -3.36. The van der Waals surface area contributed by atoms with Gasteiger partial charge in [0.05, 0.1) is 23.4 Å². The van der Waals surface area contributed by atoms with Crippen LogP contribution in [-0.2, 0) is 14.8 Å². The lowest BCUT2D eigenvalue weighted by Gasteiger charge is -2.24. The second-order valence-electron chi connectivity index (χ2n) is 8.83. The van der Waals surface area contributed by atoms with E-state index in [0.717, 1.165) is 26.7 Å². The molecule has 0 bridgehead atoms. The first-order valence-electron chi connectivity index (χ1n) is 11.5. The van der Waals surface area contributed by atoms with Gasteiger partial charge in [0.25, 0.3) is 15.9 Å². The molecule has 0 fully saturated rings. The van der Waals surface area contributed by atoms with Crippen molar-refractivity contribution >= 4 is 39.4 Å². The van der Waals surface area contributed by atoms with Crippen molar-refractivity contribution in [2.24, 2.45) is 11.0 Å². The quantitative estimate of drug-likeness (QED) is 0.285. The number of hydrogen-bond donors (Lipinski definition) is 1. The maximum atomic E-state index is 13.5. The van der Waals surface area contributed by atoms with Crippen LogP contribution in [0.5, 0.6) is 5.75 Å². The van der Waals surface area contributed by atoms with Gasteiger partial charge in [0.1, 0.15) is 12.3 Å². The number of hydrogen-bond acceptors (Lipinski definition) is 5. The number of amides is 1. The molecule has 0 radical (unpaired) electrons. The summed E-state index contributed by atoms with van der Waals surface area (Å²) in [6.07, 6.45) is 1.48. The second-order valence-corrected chi connectivity index (χ2v) is 11.1. The minimum absolute atomic E-state index is 0.0703. The molecule has 3 aromatic carbocycles. The Morgan fingerprint density at radius 1 is 1.06 bits per heavy atom. The number of ether oxygens (including phenoxy) is 1. The third-order valence-corrected chi connectivity index (χ3v) is 7.40. The molecule has 0 saturated carbocycles. The van der Waals surface area contributed by atoms with E-state index in [-0.39, 0.29) is 10.6 Å². The summed E-state index contributed by atoms with van der Waals surface area (Å²) in [5, 5.41) is 4.38. The van der Waals surface area contributed by atoms with Gasteiger partial charge in [-0.15, -0.1) is 0 Å². The Balaban J connectivity index is 1.76. The number of aryl methyl sites for hydroxylation is 2. The van der Waals surface area contributed by atoms with E-state index in [1.54, 1.807) is 24.3 Å². The van der Waals surface area contributed by atoms with Gasteiger partial charge in [-0.3, -0.25) is 9.10 Å². The van der Waals surface area contributed by atoms with Crippen LogP contribution >= 0.6 is 11.6 Å². The van der Waals surface area contributed by atoms with Crippen molar-refractivity contribution in [2.45, 2.75) is 32.6 Å². The number of nitrogens with one attached hydrogen (secondary N) is 1. The summed E-state index contributed by atoms with van der Waals surface area (Å²) in [6, 6.07) is 18.6. The smallest absolute Gasteiger partial charge is 0.264 e. The first-order chi connectivity index (χ1) is 17.1. The highest BCUT2D eigenvalue weighted by atomic mass is 35.5. The van der Waals surface area contributed by atoms with Crippen molar-refractivity contribution in [3.63, 3.8) is 0 Å². The minimum Gasteiger partial charge on any atom is -0.493 e. The van der Waals surface area contributed by atoms with Crippen LogP contribution in [-0.4, -0.2) is 33.7 Å². The van der Waals surface area contributed by atoms with Gasteiger partial charge in [0, 0.05) is 5.02 Å². The molecule has 1 N–H and O–H groups in total. The number of carbonyl (C=O) groups excluding carboxylic acids is 1. The van der Waals surface area contributed by atoms with E-state index in [9.17, 15) is 13.2 Å². The van der Waals surface area contributed by atoms with Gasteiger partial charge < -0.3 is 4.74 Å². The standard InChI is InChI=1S/C27H30ClN3O4S/c1-19(2)18-35-24-11-8-22(9-12-24)16-29-30-27(32)17-31(23-10-7-21(4)26(28)15-23)36(33,34)25-13-5-20(3)6-14-25/h5-16,19H,17-18H2,1-4H3,(H,30,32)/b29-16-. The Morgan fingerprint density at radius 2 is 1.72 bits per heavy atom. The van der Waals surface area contributed by atoms with E-state index >= 15 is 0 Å². The minimum atomic E-state index is -4.04. The summed E-state index contributed by atoms with van der Waals surface area (Å²) >= 11 is 6.25. The first kappa shape index (κ1) is 27.2. The molecule has 1 amide bonds. The molecular formula is C27H30ClN3O4S. The van der Waals surface area contributed by atoms with Gasteiger partial charge in [-0.1, -0.05) is 49.2 Å². The molecular weight excluding hydrogens is 498 g/mol. The Bertz CT molecular complexity index is 1320. The number of sulfonamides is 1. The fourth-order valence-electron chi connectivity index (χ4n) is 3.15. The summed E-state index contributed by atoms with van der Waals surface area (Å²) < 4.78 is 33.6. The molecule has 0 unspecified atom stereocenters. The summed E-state index contributed by atoms with van der Waals surface area (Å²) in [5.41, 5.74) is 5.15. The fraction of sp³-hybridized carbons (Fsp3) is 0.259. The number of carbonyl (C=O) groups is 1. The number of anilines is 1. The zero-order valence-electron chi connectivity index (χ0n) is 20.7. The molecule has 0 spiro atoms. The number of nitrogens with zero attached hydrogens (tertiary/aromatic N) is 2. The van der Waals surface area contributed by atoms with Crippen molar-refractivity contribution in [1.82, 2.24) is 5.43 Å². The predicted octanol–water partition coefficient (Wildman–Crippen LogP) is 5.34. The maximum absolute atomic E-state index is 13.5. The Kier molecular flexibility index (Phi) is 9.12. The topological polar surface area (TPSA) is 88.1 Å². The molecule has 190 valence electrons. The van der Waals surface area contributed by atoms with Crippen molar-refractivity contribution < 1.29 is 17.9 Å². The van der Waals surface area contributed by atoms with Crippen LogP contribution in [0.25, 0.3) is 0 Å². The number of halogens is 1. The van der Waals surface area contributed by atoms with Gasteiger partial charge in [-0.25, -0.2) is 13.8 Å². The van der Waals surface area contributed by atoms with E-state index < -0.39 is 22.5 Å². The van der Waals surface area contributed by atoms with Gasteiger partial charge >= 0.3 is 0 Å². The van der Waals surface area contributed by atoms with Crippen LogP contribution in [0, 0.1) is 19.8 Å². The molecule has 9 heteroatoms. The third kappa shape index (κ3) is 7.32. The van der Waals surface area contributed by atoms with Crippen LogP contribution in [0.2, 0.25) is 5.02 Å². The van der Waals surface area contributed by atoms with Crippen LogP contribution in [0.1, 0.15) is 30.5 Å². The number of rotatable bonds is 10. The zero-order chi connectivity index (χ0) is 26.3. The molecule has 3 aromatic rings. The van der Waals surface area contributed by atoms with Crippen LogP contribution in [0.15, 0.2) is 76.7 Å². The summed E-state index contributed by atoms with van der Waals surface area (Å²) in [5.74, 6) is 0.570. The molecule has 0 heterocycles. The molecule has 7 nitrogen and oxygen atoms in total. The fourth-order valence-corrected chi connectivity index (χ4v) is 4.73. The average molecular weight is 528 g/mol. The van der Waals surface area contributed by atoms with Crippen molar-refractivity contribution in [3.05, 3.63) is 88.4 Å². The lowest BCUT2D eigenvalue weighted by Crippen LogP contribution is -2.39. The monoisotopic (exact) mass is 527 g/mol. The van der Waals surface area contributed by atoms with E-state index in [2.05, 4.69) is 24.4 Å². The normalized spacial score (nSPS) is 11.6. The zero-order valence-corrected chi connectivity index (χ0v) is 22.3. The van der Waals surface area contributed by atoms with E-state index in [0.29, 0.717) is 17.5 Å². The van der Waals surface area contributed by atoms with E-state index in [4.69, 9.17) is 16.3 Å². The Morgan fingerprint density at radius 3 is 2.33 bits per heavy atom. The average Bonchev–Trinajstić information content (AvgIpc) is 2.84. The first-order valence-corrected chi connectivity index (χ1v) is 13.3. The second kappa shape index (κ2) is 12.1. The lowest BCUT2D eigenvalue weighted by molar-refractivity contribution is -0.119. The molecule has 3 rings (SSSR count). The molecule has 0 aliphatic carbocycles. The highest BCUT2D eigenvalue weighted by molar-refractivity contribution is 7.92. The molecule has 0 aliphatic heterocycles. The highest BCUT2D eigenvalue weighted by Crippen LogP contribution is 2.28. The molecule has 0 aromatic heterocycles. The molecule has 36 heavy (non-hydrogen) atoms. The molecule has 0 atom stereocenters. The lowest BCUT2D eigenvalue weighted by atomic mass is 10.2. The number of benzene rings is 3. The van der Waals surface area contributed by atoms with Crippen LogP contribution in [0.4, 0.5) is 5.69 Å². The summed E-state index contributed by atoms with van der Waals surface area (Å²) in [4.78, 5) is 12.8. The van der Waals surface area contributed by atoms with E-state index in [1.807, 2.05) is 38.1 Å².